The fourth-order valence-electron chi connectivity index (χ4n) is 1.20. The van der Waals surface area contributed by atoms with Crippen LogP contribution in [0.25, 0.3) is 0 Å². The van der Waals surface area contributed by atoms with Crippen LogP contribution in [0.1, 0.15) is 33.6 Å². The molecule has 0 spiro atoms. The van der Waals surface area contributed by atoms with Crippen molar-refractivity contribution in [2.24, 2.45) is 11.3 Å². The van der Waals surface area contributed by atoms with Crippen LogP contribution in [0.3, 0.4) is 0 Å². The first kappa shape index (κ1) is 12.0. The Morgan fingerprint density at radius 3 is 2.73 bits per heavy atom. The lowest BCUT2D eigenvalue weighted by Crippen LogP contribution is -2.28. The lowest BCUT2D eigenvalue weighted by molar-refractivity contribution is -0.157. The van der Waals surface area contributed by atoms with E-state index in [-0.39, 0.29) is 24.5 Å². The molecule has 4 nitrogen and oxygen atoms in total. The Morgan fingerprint density at radius 2 is 2.27 bits per heavy atom. The molecular formula is C11H18O4. The molecule has 0 radical (unpaired) electrons. The number of hydrogen-bond donors (Lipinski definition) is 0. The maximum absolute atomic E-state index is 11.6. The van der Waals surface area contributed by atoms with Crippen LogP contribution in [0.2, 0.25) is 0 Å². The number of cyclic esters (lactones) is 1. The summed E-state index contributed by atoms with van der Waals surface area (Å²) in [5.41, 5.74) is -0.470. The van der Waals surface area contributed by atoms with Crippen molar-refractivity contribution < 1.29 is 19.1 Å². The highest BCUT2D eigenvalue weighted by Gasteiger charge is 2.31. The third-order valence-corrected chi connectivity index (χ3v) is 2.90. The molecule has 0 bridgehead atoms. The van der Waals surface area contributed by atoms with Crippen molar-refractivity contribution in [2.45, 2.75) is 33.6 Å². The molecule has 1 rings (SSSR count). The van der Waals surface area contributed by atoms with E-state index in [1.807, 2.05) is 20.8 Å². The van der Waals surface area contributed by atoms with Crippen LogP contribution >= 0.6 is 0 Å². The zero-order valence-electron chi connectivity index (χ0n) is 9.54. The zero-order valence-corrected chi connectivity index (χ0v) is 9.54. The van der Waals surface area contributed by atoms with E-state index in [4.69, 9.17) is 9.47 Å². The molecule has 0 aromatic carbocycles. The van der Waals surface area contributed by atoms with E-state index in [0.717, 1.165) is 6.42 Å². The Balaban J connectivity index is 2.37. The predicted octanol–water partition coefficient (Wildman–Crippen LogP) is 1.53. The van der Waals surface area contributed by atoms with E-state index >= 15 is 0 Å². The molecule has 1 unspecified atom stereocenters. The van der Waals surface area contributed by atoms with Gasteiger partial charge in [0.05, 0.1) is 17.9 Å². The highest BCUT2D eigenvalue weighted by atomic mass is 16.6. The third kappa shape index (κ3) is 2.94. The second kappa shape index (κ2) is 4.64. The highest BCUT2D eigenvalue weighted by molar-refractivity contribution is 5.77. The van der Waals surface area contributed by atoms with E-state index in [1.165, 1.54) is 0 Å². The van der Waals surface area contributed by atoms with Crippen molar-refractivity contribution in [3.05, 3.63) is 0 Å². The molecule has 1 aliphatic rings. The average Bonchev–Trinajstić information content (AvgIpc) is 2.60. The molecule has 15 heavy (non-hydrogen) atoms. The molecule has 0 aliphatic carbocycles. The standard InChI is InChI=1S/C11H18O4/c1-4-11(2,3)10(13)15-7-8-5-6-14-9(8)12/h8H,4-7H2,1-3H3. The molecule has 0 saturated carbocycles. The SMILES string of the molecule is CCC(C)(C)C(=O)OCC1CCOC1=O. The summed E-state index contributed by atoms with van der Waals surface area (Å²) in [5, 5.41) is 0. The lowest BCUT2D eigenvalue weighted by atomic mass is 9.91. The number of esters is 2. The molecule has 1 fully saturated rings. The number of carbonyl (C=O) groups is 2. The summed E-state index contributed by atoms with van der Waals surface area (Å²) in [4.78, 5) is 22.7. The quantitative estimate of drug-likeness (QED) is 0.666. The number of carbonyl (C=O) groups excluding carboxylic acids is 2. The second-order valence-corrected chi connectivity index (χ2v) is 4.49. The molecule has 0 aromatic heterocycles. The Hall–Kier alpha value is -1.06. The van der Waals surface area contributed by atoms with E-state index in [1.54, 1.807) is 0 Å². The Kier molecular flexibility index (Phi) is 3.72. The molecule has 1 aliphatic heterocycles. The molecule has 1 atom stereocenters. The van der Waals surface area contributed by atoms with E-state index in [2.05, 4.69) is 0 Å². The van der Waals surface area contributed by atoms with Crippen molar-refractivity contribution in [3.8, 4) is 0 Å². The molecule has 0 N–H and O–H groups in total. The van der Waals surface area contributed by atoms with Crippen molar-refractivity contribution in [1.82, 2.24) is 0 Å². The smallest absolute Gasteiger partial charge is 0.312 e. The number of ether oxygens (including phenoxy) is 2. The predicted molar refractivity (Wildman–Crippen MR) is 54.1 cm³/mol. The monoisotopic (exact) mass is 214 g/mol. The van der Waals surface area contributed by atoms with Crippen LogP contribution in [-0.4, -0.2) is 25.2 Å². The van der Waals surface area contributed by atoms with Crippen LogP contribution in [-0.2, 0) is 19.1 Å². The summed E-state index contributed by atoms with van der Waals surface area (Å²) in [7, 11) is 0. The van der Waals surface area contributed by atoms with E-state index < -0.39 is 5.41 Å². The molecule has 86 valence electrons. The summed E-state index contributed by atoms with van der Waals surface area (Å²) >= 11 is 0. The van der Waals surface area contributed by atoms with Gasteiger partial charge in [-0.1, -0.05) is 6.92 Å². The van der Waals surface area contributed by atoms with Gasteiger partial charge in [0, 0.05) is 0 Å². The van der Waals surface area contributed by atoms with Crippen LogP contribution in [0.15, 0.2) is 0 Å². The van der Waals surface area contributed by atoms with Gasteiger partial charge in [0.1, 0.15) is 6.61 Å². The van der Waals surface area contributed by atoms with Gasteiger partial charge in [-0.2, -0.15) is 0 Å². The number of rotatable bonds is 4. The first-order valence-corrected chi connectivity index (χ1v) is 5.31. The molecule has 0 aromatic rings. The highest BCUT2D eigenvalue weighted by Crippen LogP contribution is 2.23. The van der Waals surface area contributed by atoms with Crippen LogP contribution in [0, 0.1) is 11.3 Å². The van der Waals surface area contributed by atoms with Crippen LogP contribution in [0.5, 0.6) is 0 Å². The van der Waals surface area contributed by atoms with E-state index in [0.29, 0.717) is 13.0 Å². The Morgan fingerprint density at radius 1 is 1.60 bits per heavy atom. The number of hydrogen-bond acceptors (Lipinski definition) is 4. The Labute approximate surface area is 89.9 Å². The van der Waals surface area contributed by atoms with Gasteiger partial charge < -0.3 is 9.47 Å². The third-order valence-electron chi connectivity index (χ3n) is 2.90. The average molecular weight is 214 g/mol. The summed E-state index contributed by atoms with van der Waals surface area (Å²) in [6, 6.07) is 0. The summed E-state index contributed by atoms with van der Waals surface area (Å²) in [6.07, 6.45) is 1.37. The minimum absolute atomic E-state index is 0.154. The first-order chi connectivity index (χ1) is 6.97. The van der Waals surface area contributed by atoms with Crippen LogP contribution < -0.4 is 0 Å². The molecular weight excluding hydrogens is 196 g/mol. The van der Waals surface area contributed by atoms with Gasteiger partial charge in [-0.3, -0.25) is 9.59 Å². The zero-order chi connectivity index (χ0) is 11.5. The van der Waals surface area contributed by atoms with Gasteiger partial charge in [0.15, 0.2) is 0 Å². The van der Waals surface area contributed by atoms with Crippen molar-refractivity contribution in [2.75, 3.05) is 13.2 Å². The summed E-state index contributed by atoms with van der Waals surface area (Å²) < 4.78 is 9.89. The van der Waals surface area contributed by atoms with Gasteiger partial charge in [-0.15, -0.1) is 0 Å². The van der Waals surface area contributed by atoms with Gasteiger partial charge in [-0.05, 0) is 26.7 Å². The van der Waals surface area contributed by atoms with E-state index in [9.17, 15) is 9.59 Å². The lowest BCUT2D eigenvalue weighted by Gasteiger charge is -2.20. The first-order valence-electron chi connectivity index (χ1n) is 5.31. The minimum atomic E-state index is -0.470. The maximum Gasteiger partial charge on any atom is 0.312 e. The topological polar surface area (TPSA) is 52.6 Å². The fourth-order valence-corrected chi connectivity index (χ4v) is 1.20. The molecule has 1 saturated heterocycles. The molecule has 1 heterocycles. The summed E-state index contributed by atoms with van der Waals surface area (Å²) in [5.74, 6) is -0.761. The fraction of sp³-hybridized carbons (Fsp3) is 0.818. The maximum atomic E-state index is 11.6. The largest absolute Gasteiger partial charge is 0.465 e. The second-order valence-electron chi connectivity index (χ2n) is 4.49. The van der Waals surface area contributed by atoms with Gasteiger partial charge in [-0.25, -0.2) is 0 Å². The molecule has 0 amide bonds. The minimum Gasteiger partial charge on any atom is -0.465 e. The van der Waals surface area contributed by atoms with Crippen LogP contribution in [0.4, 0.5) is 0 Å². The van der Waals surface area contributed by atoms with Crippen molar-refractivity contribution in [3.63, 3.8) is 0 Å². The Bertz CT molecular complexity index is 257. The van der Waals surface area contributed by atoms with Crippen molar-refractivity contribution in [1.29, 1.82) is 0 Å². The van der Waals surface area contributed by atoms with Gasteiger partial charge >= 0.3 is 11.9 Å². The van der Waals surface area contributed by atoms with Gasteiger partial charge in [0.2, 0.25) is 0 Å². The summed E-state index contributed by atoms with van der Waals surface area (Å²) in [6.45, 7) is 6.20. The van der Waals surface area contributed by atoms with Crippen molar-refractivity contribution >= 4 is 11.9 Å². The van der Waals surface area contributed by atoms with Gasteiger partial charge in [0.25, 0.3) is 0 Å². The molecule has 4 heteroatoms. The normalized spacial score (nSPS) is 21.3.